The van der Waals surface area contributed by atoms with E-state index in [9.17, 15) is 9.59 Å². The highest BCUT2D eigenvalue weighted by Gasteiger charge is 2.26. The summed E-state index contributed by atoms with van der Waals surface area (Å²) >= 11 is 1.68. The molecule has 0 saturated carbocycles. The molecule has 1 aliphatic heterocycles. The molecule has 0 N–H and O–H groups in total. The number of fused-ring (bicyclic) bond motifs is 1. The number of hydrogen-bond donors (Lipinski definition) is 0. The molecule has 0 atom stereocenters. The van der Waals surface area contributed by atoms with Crippen molar-refractivity contribution in [3.8, 4) is 5.75 Å². The number of carbonyl (C=O) groups excluding carboxylic acids is 2. The highest BCUT2D eigenvalue weighted by molar-refractivity contribution is 7.11. The fourth-order valence-electron chi connectivity index (χ4n) is 2.64. The Morgan fingerprint density at radius 3 is 2.83 bits per heavy atom. The van der Waals surface area contributed by atoms with Crippen molar-refractivity contribution in [2.24, 2.45) is 0 Å². The molecule has 5 nitrogen and oxygen atoms in total. The van der Waals surface area contributed by atoms with Gasteiger partial charge in [0.1, 0.15) is 12.3 Å². The molecule has 0 bridgehead atoms. The van der Waals surface area contributed by atoms with Gasteiger partial charge in [0.2, 0.25) is 11.8 Å². The van der Waals surface area contributed by atoms with E-state index in [0.717, 1.165) is 4.88 Å². The van der Waals surface area contributed by atoms with Gasteiger partial charge in [0.15, 0.2) is 0 Å². The fourth-order valence-corrected chi connectivity index (χ4v) is 3.59. The Kier molecular flexibility index (Phi) is 4.85. The van der Waals surface area contributed by atoms with Crippen molar-refractivity contribution in [2.75, 3.05) is 25.1 Å². The van der Waals surface area contributed by atoms with Crippen LogP contribution in [-0.4, -0.2) is 36.9 Å². The number of para-hydroxylation sites is 2. The molecule has 6 heteroatoms. The smallest absolute Gasteiger partial charge is 0.242 e. The molecule has 2 aromatic rings. The number of carbonyl (C=O) groups is 2. The van der Waals surface area contributed by atoms with Crippen LogP contribution in [0.5, 0.6) is 5.75 Å². The van der Waals surface area contributed by atoms with Crippen molar-refractivity contribution in [1.29, 1.82) is 0 Å². The first-order chi connectivity index (χ1) is 11.5. The Bertz CT molecular complexity index is 756. The number of amides is 2. The normalized spacial score (nSPS) is 13.9. The van der Waals surface area contributed by atoms with Gasteiger partial charge in [-0.25, -0.2) is 0 Å². The quantitative estimate of drug-likeness (QED) is 0.857. The molecular formula is C18H20N2O3S. The van der Waals surface area contributed by atoms with Crippen LogP contribution in [0.4, 0.5) is 5.69 Å². The van der Waals surface area contributed by atoms with E-state index >= 15 is 0 Å². The monoisotopic (exact) mass is 344 g/mol. The Hall–Kier alpha value is -2.34. The van der Waals surface area contributed by atoms with Gasteiger partial charge in [-0.2, -0.15) is 0 Å². The summed E-state index contributed by atoms with van der Waals surface area (Å²) in [6.45, 7) is 2.96. The van der Waals surface area contributed by atoms with Crippen LogP contribution in [0.2, 0.25) is 0 Å². The predicted octanol–water partition coefficient (Wildman–Crippen LogP) is 2.83. The van der Waals surface area contributed by atoms with Crippen molar-refractivity contribution in [2.45, 2.75) is 19.9 Å². The summed E-state index contributed by atoms with van der Waals surface area (Å²) in [6, 6.07) is 11.4. The SMILES string of the molecule is Cc1ccc(CN(C)C(=O)CN2C(=O)CCOc3ccccc32)s1. The van der Waals surface area contributed by atoms with Crippen LogP contribution in [-0.2, 0) is 16.1 Å². The van der Waals surface area contributed by atoms with E-state index in [4.69, 9.17) is 4.74 Å². The van der Waals surface area contributed by atoms with Crippen LogP contribution in [0.3, 0.4) is 0 Å². The summed E-state index contributed by atoms with van der Waals surface area (Å²) in [5.74, 6) is 0.465. The van der Waals surface area contributed by atoms with Crippen molar-refractivity contribution in [3.63, 3.8) is 0 Å². The number of ether oxygens (including phenoxy) is 1. The lowest BCUT2D eigenvalue weighted by Crippen LogP contribution is -2.41. The average molecular weight is 344 g/mol. The summed E-state index contributed by atoms with van der Waals surface area (Å²) in [4.78, 5) is 30.5. The largest absolute Gasteiger partial charge is 0.491 e. The van der Waals surface area contributed by atoms with Crippen molar-refractivity contribution in [3.05, 3.63) is 46.2 Å². The molecule has 24 heavy (non-hydrogen) atoms. The van der Waals surface area contributed by atoms with E-state index in [1.807, 2.05) is 43.3 Å². The summed E-state index contributed by atoms with van der Waals surface area (Å²) in [5.41, 5.74) is 0.661. The number of anilines is 1. The fraction of sp³-hybridized carbons (Fsp3) is 0.333. The lowest BCUT2D eigenvalue weighted by molar-refractivity contribution is -0.130. The zero-order valence-electron chi connectivity index (χ0n) is 13.8. The molecule has 2 heterocycles. The second-order valence-electron chi connectivity index (χ2n) is 5.81. The molecule has 2 amide bonds. The zero-order chi connectivity index (χ0) is 17.1. The van der Waals surface area contributed by atoms with Gasteiger partial charge >= 0.3 is 0 Å². The van der Waals surface area contributed by atoms with Crippen LogP contribution < -0.4 is 9.64 Å². The van der Waals surface area contributed by atoms with Gasteiger partial charge in [-0.15, -0.1) is 11.3 Å². The van der Waals surface area contributed by atoms with E-state index in [2.05, 4.69) is 0 Å². The van der Waals surface area contributed by atoms with Crippen molar-refractivity contribution < 1.29 is 14.3 Å². The molecule has 3 rings (SSSR count). The lowest BCUT2D eigenvalue weighted by Gasteiger charge is -2.24. The molecule has 0 fully saturated rings. The van der Waals surface area contributed by atoms with E-state index in [1.165, 1.54) is 9.78 Å². The highest BCUT2D eigenvalue weighted by atomic mass is 32.1. The lowest BCUT2D eigenvalue weighted by atomic mass is 10.2. The summed E-state index contributed by atoms with van der Waals surface area (Å²) in [7, 11) is 1.77. The number of aryl methyl sites for hydroxylation is 1. The molecule has 1 aliphatic rings. The number of likely N-dealkylation sites (N-methyl/N-ethyl adjacent to an activating group) is 1. The minimum Gasteiger partial charge on any atom is -0.491 e. The van der Waals surface area contributed by atoms with Gasteiger partial charge in [0, 0.05) is 16.8 Å². The Morgan fingerprint density at radius 1 is 1.29 bits per heavy atom. The maximum absolute atomic E-state index is 12.6. The molecule has 0 radical (unpaired) electrons. The Labute approximate surface area is 145 Å². The minimum absolute atomic E-state index is 0.0278. The molecule has 1 aromatic heterocycles. The summed E-state index contributed by atoms with van der Waals surface area (Å²) < 4.78 is 5.60. The average Bonchev–Trinajstić information content (AvgIpc) is 2.90. The van der Waals surface area contributed by atoms with Crippen LogP contribution in [0, 0.1) is 6.92 Å². The van der Waals surface area contributed by atoms with Gasteiger partial charge in [0.25, 0.3) is 0 Å². The molecule has 0 unspecified atom stereocenters. The Balaban J connectivity index is 1.73. The first-order valence-corrected chi connectivity index (χ1v) is 8.67. The Morgan fingerprint density at radius 2 is 2.08 bits per heavy atom. The third-order valence-electron chi connectivity index (χ3n) is 3.94. The highest BCUT2D eigenvalue weighted by Crippen LogP contribution is 2.30. The molecular weight excluding hydrogens is 324 g/mol. The zero-order valence-corrected chi connectivity index (χ0v) is 14.6. The van der Waals surface area contributed by atoms with Gasteiger partial charge in [-0.05, 0) is 31.2 Å². The number of hydrogen-bond acceptors (Lipinski definition) is 4. The standard InChI is InChI=1S/C18H20N2O3S/c1-13-7-8-14(24-13)11-19(2)18(22)12-20-15-5-3-4-6-16(15)23-10-9-17(20)21/h3-8H,9-12H2,1-2H3. The number of benzene rings is 1. The molecule has 0 aliphatic carbocycles. The maximum atomic E-state index is 12.6. The van der Waals surface area contributed by atoms with Gasteiger partial charge in [-0.1, -0.05) is 12.1 Å². The molecule has 0 saturated heterocycles. The van der Waals surface area contributed by atoms with E-state index in [0.29, 0.717) is 24.6 Å². The number of nitrogens with zero attached hydrogens (tertiary/aromatic N) is 2. The van der Waals surface area contributed by atoms with Gasteiger partial charge in [0.05, 0.1) is 25.3 Å². The molecule has 1 aromatic carbocycles. The van der Waals surface area contributed by atoms with Gasteiger partial charge < -0.3 is 9.64 Å². The van der Waals surface area contributed by atoms with E-state index < -0.39 is 0 Å². The molecule has 126 valence electrons. The van der Waals surface area contributed by atoms with Crippen molar-refractivity contribution >= 4 is 28.8 Å². The minimum atomic E-state index is -0.0916. The first kappa shape index (κ1) is 16.5. The van der Waals surface area contributed by atoms with Crippen LogP contribution in [0.25, 0.3) is 0 Å². The van der Waals surface area contributed by atoms with Crippen LogP contribution in [0.15, 0.2) is 36.4 Å². The summed E-state index contributed by atoms with van der Waals surface area (Å²) in [6.07, 6.45) is 0.274. The maximum Gasteiger partial charge on any atom is 0.242 e. The van der Waals surface area contributed by atoms with Crippen molar-refractivity contribution in [1.82, 2.24) is 4.90 Å². The third kappa shape index (κ3) is 3.59. The molecule has 0 spiro atoms. The topological polar surface area (TPSA) is 49.9 Å². The number of rotatable bonds is 4. The van der Waals surface area contributed by atoms with Gasteiger partial charge in [-0.3, -0.25) is 14.5 Å². The number of thiophene rings is 1. The van der Waals surface area contributed by atoms with E-state index in [1.54, 1.807) is 23.3 Å². The second kappa shape index (κ2) is 7.05. The second-order valence-corrected chi connectivity index (χ2v) is 7.18. The van der Waals surface area contributed by atoms with Crippen LogP contribution >= 0.6 is 11.3 Å². The van der Waals surface area contributed by atoms with E-state index in [-0.39, 0.29) is 24.8 Å². The first-order valence-electron chi connectivity index (χ1n) is 7.86. The predicted molar refractivity (Wildman–Crippen MR) is 94.4 cm³/mol. The summed E-state index contributed by atoms with van der Waals surface area (Å²) in [5, 5.41) is 0. The van der Waals surface area contributed by atoms with Crippen LogP contribution in [0.1, 0.15) is 16.2 Å². The third-order valence-corrected chi connectivity index (χ3v) is 4.92.